The minimum atomic E-state index is -0.421. The van der Waals surface area contributed by atoms with Crippen molar-refractivity contribution in [1.82, 2.24) is 20.7 Å². The quantitative estimate of drug-likeness (QED) is 0.788. The van der Waals surface area contributed by atoms with Crippen molar-refractivity contribution in [1.29, 1.82) is 0 Å². The van der Waals surface area contributed by atoms with E-state index >= 15 is 0 Å². The molecule has 9 heteroatoms. The van der Waals surface area contributed by atoms with Crippen molar-refractivity contribution < 1.29 is 19.1 Å². The Morgan fingerprint density at radius 3 is 2.81 bits per heavy atom. The van der Waals surface area contributed by atoms with Gasteiger partial charge >= 0.3 is 6.03 Å². The van der Waals surface area contributed by atoms with Gasteiger partial charge in [-0.25, -0.2) is 4.79 Å². The van der Waals surface area contributed by atoms with Gasteiger partial charge in [-0.15, -0.1) is 11.8 Å². The largest absolute Gasteiger partial charge is 0.493 e. The topological polar surface area (TPSA) is 83.1 Å². The minimum absolute atomic E-state index is 0.0233. The van der Waals surface area contributed by atoms with Gasteiger partial charge in [0.2, 0.25) is 5.91 Å². The molecule has 3 fully saturated rings. The Hall–Kier alpha value is -2.13. The Balaban J connectivity index is 1.52. The summed E-state index contributed by atoms with van der Waals surface area (Å²) in [5.74, 6) is 2.34. The van der Waals surface area contributed by atoms with Crippen LogP contribution in [0, 0.1) is 0 Å². The molecule has 3 unspecified atom stereocenters. The summed E-state index contributed by atoms with van der Waals surface area (Å²) in [5.41, 5.74) is 6.65. The van der Waals surface area contributed by atoms with Crippen LogP contribution in [0.5, 0.6) is 11.5 Å². The van der Waals surface area contributed by atoms with Crippen LogP contribution < -0.4 is 20.3 Å². The molecule has 0 spiro atoms. The van der Waals surface area contributed by atoms with E-state index in [9.17, 15) is 9.59 Å². The lowest BCUT2D eigenvalue weighted by Gasteiger charge is -2.44. The van der Waals surface area contributed by atoms with Crippen molar-refractivity contribution >= 4 is 23.7 Å². The molecule has 1 aromatic carbocycles. The summed E-state index contributed by atoms with van der Waals surface area (Å²) >= 11 is 1.64. The van der Waals surface area contributed by atoms with Crippen LogP contribution in [0.4, 0.5) is 4.79 Å². The summed E-state index contributed by atoms with van der Waals surface area (Å²) in [6.45, 7) is 0.515. The lowest BCUT2D eigenvalue weighted by molar-refractivity contribution is -0.143. The molecule has 140 valence electrons. The first-order chi connectivity index (χ1) is 12.6. The van der Waals surface area contributed by atoms with Gasteiger partial charge < -0.3 is 14.4 Å². The number of nitrogens with zero attached hydrogens (tertiary/aromatic N) is 2. The second-order valence-electron chi connectivity index (χ2n) is 6.47. The predicted molar refractivity (Wildman–Crippen MR) is 96.9 cm³/mol. The van der Waals surface area contributed by atoms with Crippen LogP contribution in [-0.2, 0) is 11.2 Å². The molecule has 0 aromatic heterocycles. The standard InChI is InChI=1S/C17H22N4O4S/c1-24-12-4-3-10(9-13(12)25-2)5-7-20-15(22)14-11(6-8-26-14)21-16(20)18-19-17(21)23/h3-4,9,11,14,16,18H,5-8H2,1-2H3,(H,19,23). The molecule has 1 aromatic rings. The fraction of sp³-hybridized carbons (Fsp3) is 0.529. The highest BCUT2D eigenvalue weighted by molar-refractivity contribution is 8.00. The number of ether oxygens (including phenoxy) is 2. The summed E-state index contributed by atoms with van der Waals surface area (Å²) in [6, 6.07) is 5.57. The molecule has 3 saturated heterocycles. The normalized spacial score (nSPS) is 27.2. The van der Waals surface area contributed by atoms with E-state index in [4.69, 9.17) is 9.47 Å². The maximum Gasteiger partial charge on any atom is 0.334 e. The van der Waals surface area contributed by atoms with Crippen LogP contribution in [-0.4, -0.2) is 65.8 Å². The molecule has 3 aliphatic heterocycles. The first-order valence-electron chi connectivity index (χ1n) is 8.61. The molecule has 8 nitrogen and oxygen atoms in total. The van der Waals surface area contributed by atoms with Crippen LogP contribution in [0.15, 0.2) is 18.2 Å². The van der Waals surface area contributed by atoms with Gasteiger partial charge in [-0.3, -0.25) is 15.1 Å². The molecule has 3 heterocycles. The van der Waals surface area contributed by atoms with Crippen molar-refractivity contribution in [2.75, 3.05) is 26.5 Å². The van der Waals surface area contributed by atoms with Gasteiger partial charge in [0, 0.05) is 6.54 Å². The number of carbonyl (C=O) groups is 2. The number of hydrogen-bond donors (Lipinski definition) is 2. The number of fused-ring (bicyclic) bond motifs is 3. The molecule has 3 atom stereocenters. The van der Waals surface area contributed by atoms with Crippen molar-refractivity contribution in [2.45, 2.75) is 30.4 Å². The van der Waals surface area contributed by atoms with Gasteiger partial charge in [0.05, 0.1) is 20.3 Å². The molecular formula is C17H22N4O4S. The second kappa shape index (κ2) is 6.88. The number of carbonyl (C=O) groups excluding carboxylic acids is 2. The molecule has 2 N–H and O–H groups in total. The molecule has 0 aliphatic carbocycles. The van der Waals surface area contributed by atoms with E-state index in [2.05, 4.69) is 10.9 Å². The summed E-state index contributed by atoms with van der Waals surface area (Å²) in [6.07, 6.45) is 1.10. The molecule has 0 saturated carbocycles. The molecule has 0 radical (unpaired) electrons. The number of amides is 3. The fourth-order valence-corrected chi connectivity index (χ4v) is 5.23. The van der Waals surface area contributed by atoms with Crippen LogP contribution >= 0.6 is 11.8 Å². The summed E-state index contributed by atoms with van der Waals surface area (Å²) < 4.78 is 10.6. The Kier molecular flexibility index (Phi) is 4.58. The van der Waals surface area contributed by atoms with Gasteiger partial charge in [0.15, 0.2) is 17.8 Å². The summed E-state index contributed by atoms with van der Waals surface area (Å²) in [7, 11) is 3.20. The van der Waals surface area contributed by atoms with Gasteiger partial charge in [-0.05, 0) is 36.3 Å². The number of methoxy groups -OCH3 is 2. The average molecular weight is 378 g/mol. The third kappa shape index (κ3) is 2.75. The third-order valence-corrected chi connectivity index (χ3v) is 6.48. The predicted octanol–water partition coefficient (Wildman–Crippen LogP) is 0.776. The van der Waals surface area contributed by atoms with Gasteiger partial charge in [0.1, 0.15) is 5.25 Å². The third-order valence-electron chi connectivity index (χ3n) is 5.14. The first kappa shape index (κ1) is 17.3. The van der Waals surface area contributed by atoms with Crippen molar-refractivity contribution in [3.05, 3.63) is 23.8 Å². The first-order valence-corrected chi connectivity index (χ1v) is 9.65. The van der Waals surface area contributed by atoms with Crippen LogP contribution in [0.3, 0.4) is 0 Å². The number of benzene rings is 1. The fourth-order valence-electron chi connectivity index (χ4n) is 3.83. The zero-order valence-corrected chi connectivity index (χ0v) is 15.5. The molecule has 3 aliphatic rings. The molecule has 26 heavy (non-hydrogen) atoms. The van der Waals surface area contributed by atoms with E-state index in [1.165, 1.54) is 0 Å². The molecular weight excluding hydrogens is 356 g/mol. The minimum Gasteiger partial charge on any atom is -0.493 e. The molecule has 4 rings (SSSR count). The van der Waals surface area contributed by atoms with E-state index in [0.717, 1.165) is 17.7 Å². The monoisotopic (exact) mass is 378 g/mol. The average Bonchev–Trinajstić information content (AvgIpc) is 3.28. The molecule has 3 amide bonds. The van der Waals surface area contributed by atoms with Crippen LogP contribution in [0.2, 0.25) is 0 Å². The second-order valence-corrected chi connectivity index (χ2v) is 7.72. The van der Waals surface area contributed by atoms with E-state index in [-0.39, 0.29) is 23.2 Å². The lowest BCUT2D eigenvalue weighted by atomic mass is 10.0. The maximum atomic E-state index is 13.0. The van der Waals surface area contributed by atoms with E-state index in [1.54, 1.807) is 35.8 Å². The van der Waals surface area contributed by atoms with Crippen molar-refractivity contribution in [3.63, 3.8) is 0 Å². The van der Waals surface area contributed by atoms with Gasteiger partial charge in [-0.2, -0.15) is 5.43 Å². The Morgan fingerprint density at radius 1 is 1.23 bits per heavy atom. The molecule has 0 bridgehead atoms. The lowest BCUT2D eigenvalue weighted by Crippen LogP contribution is -2.66. The number of nitrogens with one attached hydrogen (secondary N) is 2. The van der Waals surface area contributed by atoms with Crippen molar-refractivity contribution in [3.8, 4) is 11.5 Å². The zero-order chi connectivity index (χ0) is 18.3. The Morgan fingerprint density at radius 2 is 2.04 bits per heavy atom. The Bertz CT molecular complexity index is 731. The zero-order valence-electron chi connectivity index (χ0n) is 14.7. The van der Waals surface area contributed by atoms with E-state index in [0.29, 0.717) is 24.5 Å². The number of rotatable bonds is 5. The Labute approximate surface area is 156 Å². The van der Waals surface area contributed by atoms with E-state index < -0.39 is 6.29 Å². The highest BCUT2D eigenvalue weighted by atomic mass is 32.2. The smallest absolute Gasteiger partial charge is 0.334 e. The number of hydrogen-bond acceptors (Lipinski definition) is 6. The number of hydrazine groups is 1. The number of thioether (sulfide) groups is 1. The highest BCUT2D eigenvalue weighted by Gasteiger charge is 2.53. The van der Waals surface area contributed by atoms with Crippen LogP contribution in [0.25, 0.3) is 0 Å². The summed E-state index contributed by atoms with van der Waals surface area (Å²) in [4.78, 5) is 28.7. The van der Waals surface area contributed by atoms with E-state index in [1.807, 2.05) is 18.2 Å². The maximum absolute atomic E-state index is 13.0. The van der Waals surface area contributed by atoms with Crippen molar-refractivity contribution in [2.24, 2.45) is 0 Å². The van der Waals surface area contributed by atoms with Crippen LogP contribution in [0.1, 0.15) is 12.0 Å². The summed E-state index contributed by atoms with van der Waals surface area (Å²) in [5, 5.41) is -0.165. The highest BCUT2D eigenvalue weighted by Crippen LogP contribution is 2.38. The van der Waals surface area contributed by atoms with Gasteiger partial charge in [0.25, 0.3) is 0 Å². The SMILES string of the molecule is COc1ccc(CCN2C(=O)C3SCCC3N3C(=O)NNC23)cc1OC. The van der Waals surface area contributed by atoms with Gasteiger partial charge in [-0.1, -0.05) is 6.07 Å². The number of urea groups is 1.